The molecular weight excluding hydrogens is 215 g/mol. The number of nitrogens with two attached hydrogens (primary N) is 1. The standard InChI is InChI=1S/C14H15FN2/c15-13-3-1-11(2-4-13)14(5-8-16)12-6-9-17-10-7-12/h1-4,6-7,9-10,14H,5,8,16H2/t14-/m1/s1. The van der Waals surface area contributed by atoms with E-state index in [1.807, 2.05) is 24.3 Å². The van der Waals surface area contributed by atoms with Crippen molar-refractivity contribution in [2.75, 3.05) is 6.54 Å². The Morgan fingerprint density at radius 2 is 1.59 bits per heavy atom. The lowest BCUT2D eigenvalue weighted by atomic mass is 9.89. The smallest absolute Gasteiger partial charge is 0.123 e. The Hall–Kier alpha value is -1.74. The van der Waals surface area contributed by atoms with Gasteiger partial charge in [-0.1, -0.05) is 12.1 Å². The van der Waals surface area contributed by atoms with Gasteiger partial charge in [-0.15, -0.1) is 0 Å². The number of pyridine rings is 1. The molecular formula is C14H15FN2. The first kappa shape index (κ1) is 11.7. The Labute approximate surface area is 100 Å². The van der Waals surface area contributed by atoms with Gasteiger partial charge in [0.2, 0.25) is 0 Å². The molecule has 1 aromatic carbocycles. The van der Waals surface area contributed by atoms with Crippen LogP contribution in [0.3, 0.4) is 0 Å². The fraction of sp³-hybridized carbons (Fsp3) is 0.214. The second-order valence-corrected chi connectivity index (χ2v) is 3.96. The van der Waals surface area contributed by atoms with E-state index in [0.29, 0.717) is 6.54 Å². The zero-order chi connectivity index (χ0) is 12.1. The summed E-state index contributed by atoms with van der Waals surface area (Å²) in [6.07, 6.45) is 4.38. The van der Waals surface area contributed by atoms with E-state index < -0.39 is 0 Å². The molecule has 0 amide bonds. The van der Waals surface area contributed by atoms with Crippen molar-refractivity contribution in [3.63, 3.8) is 0 Å². The van der Waals surface area contributed by atoms with Crippen molar-refractivity contribution < 1.29 is 4.39 Å². The number of aromatic nitrogens is 1. The largest absolute Gasteiger partial charge is 0.330 e. The average molecular weight is 230 g/mol. The summed E-state index contributed by atoms with van der Waals surface area (Å²) >= 11 is 0. The summed E-state index contributed by atoms with van der Waals surface area (Å²) in [5.41, 5.74) is 7.89. The molecule has 17 heavy (non-hydrogen) atoms. The first-order valence-electron chi connectivity index (χ1n) is 5.66. The van der Waals surface area contributed by atoms with Crippen LogP contribution in [0.15, 0.2) is 48.8 Å². The van der Waals surface area contributed by atoms with Gasteiger partial charge in [-0.2, -0.15) is 0 Å². The number of hydrogen-bond donors (Lipinski definition) is 1. The van der Waals surface area contributed by atoms with E-state index in [1.54, 1.807) is 12.4 Å². The van der Waals surface area contributed by atoms with Crippen molar-refractivity contribution >= 4 is 0 Å². The van der Waals surface area contributed by atoms with Crippen LogP contribution in [0.1, 0.15) is 23.5 Å². The lowest BCUT2D eigenvalue weighted by Gasteiger charge is -2.16. The minimum atomic E-state index is -0.213. The molecule has 0 fully saturated rings. The van der Waals surface area contributed by atoms with Gasteiger partial charge in [-0.3, -0.25) is 4.98 Å². The van der Waals surface area contributed by atoms with Gasteiger partial charge in [0, 0.05) is 18.3 Å². The van der Waals surface area contributed by atoms with Gasteiger partial charge in [-0.25, -0.2) is 4.39 Å². The van der Waals surface area contributed by atoms with Crippen molar-refractivity contribution in [2.45, 2.75) is 12.3 Å². The molecule has 1 heterocycles. The number of halogens is 1. The summed E-state index contributed by atoms with van der Waals surface area (Å²) in [5, 5.41) is 0. The highest BCUT2D eigenvalue weighted by Crippen LogP contribution is 2.27. The Balaban J connectivity index is 2.32. The zero-order valence-electron chi connectivity index (χ0n) is 9.51. The minimum absolute atomic E-state index is 0.212. The van der Waals surface area contributed by atoms with Crippen molar-refractivity contribution in [1.82, 2.24) is 4.98 Å². The number of benzene rings is 1. The molecule has 2 aromatic rings. The van der Waals surface area contributed by atoms with E-state index in [1.165, 1.54) is 12.1 Å². The number of hydrogen-bond acceptors (Lipinski definition) is 2. The predicted octanol–water partition coefficient (Wildman–Crippen LogP) is 2.70. The van der Waals surface area contributed by atoms with Crippen molar-refractivity contribution in [1.29, 1.82) is 0 Å². The Morgan fingerprint density at radius 3 is 2.18 bits per heavy atom. The summed E-state index contributed by atoms with van der Waals surface area (Å²) in [7, 11) is 0. The number of nitrogens with zero attached hydrogens (tertiary/aromatic N) is 1. The Morgan fingerprint density at radius 1 is 1.00 bits per heavy atom. The van der Waals surface area contributed by atoms with Gasteiger partial charge in [0.05, 0.1) is 0 Å². The van der Waals surface area contributed by atoms with Crippen molar-refractivity contribution in [3.05, 3.63) is 65.7 Å². The fourth-order valence-corrected chi connectivity index (χ4v) is 1.98. The highest BCUT2D eigenvalue weighted by Gasteiger charge is 2.12. The minimum Gasteiger partial charge on any atom is -0.330 e. The lowest BCUT2D eigenvalue weighted by molar-refractivity contribution is 0.625. The monoisotopic (exact) mass is 230 g/mol. The Bertz CT molecular complexity index is 453. The van der Waals surface area contributed by atoms with Crippen LogP contribution in [0, 0.1) is 5.82 Å². The first-order chi connectivity index (χ1) is 8.31. The zero-order valence-corrected chi connectivity index (χ0v) is 9.51. The van der Waals surface area contributed by atoms with Gasteiger partial charge in [0.25, 0.3) is 0 Å². The second-order valence-electron chi connectivity index (χ2n) is 3.96. The molecule has 3 heteroatoms. The van der Waals surface area contributed by atoms with Gasteiger partial charge < -0.3 is 5.73 Å². The van der Waals surface area contributed by atoms with Crippen LogP contribution in [-0.4, -0.2) is 11.5 Å². The summed E-state index contributed by atoms with van der Waals surface area (Å²) in [6, 6.07) is 10.6. The van der Waals surface area contributed by atoms with Gasteiger partial charge in [0.15, 0.2) is 0 Å². The maximum atomic E-state index is 12.9. The molecule has 1 atom stereocenters. The molecule has 0 aliphatic heterocycles. The maximum Gasteiger partial charge on any atom is 0.123 e. The molecule has 0 saturated heterocycles. The molecule has 0 bridgehead atoms. The van der Waals surface area contributed by atoms with Crippen molar-refractivity contribution in [2.24, 2.45) is 5.73 Å². The van der Waals surface area contributed by atoms with Gasteiger partial charge >= 0.3 is 0 Å². The average Bonchev–Trinajstić information content (AvgIpc) is 2.38. The number of rotatable bonds is 4. The molecule has 2 nitrogen and oxygen atoms in total. The second kappa shape index (κ2) is 5.55. The van der Waals surface area contributed by atoms with Crippen LogP contribution in [0.2, 0.25) is 0 Å². The van der Waals surface area contributed by atoms with E-state index in [2.05, 4.69) is 4.98 Å². The van der Waals surface area contributed by atoms with E-state index in [-0.39, 0.29) is 11.7 Å². The molecule has 0 aliphatic rings. The molecule has 2 rings (SSSR count). The normalized spacial score (nSPS) is 12.4. The van der Waals surface area contributed by atoms with E-state index in [0.717, 1.165) is 17.5 Å². The van der Waals surface area contributed by atoms with Crippen LogP contribution in [0.25, 0.3) is 0 Å². The third kappa shape index (κ3) is 2.88. The van der Waals surface area contributed by atoms with Crippen LogP contribution < -0.4 is 5.73 Å². The van der Waals surface area contributed by atoms with E-state index in [4.69, 9.17) is 5.73 Å². The topological polar surface area (TPSA) is 38.9 Å². The molecule has 0 radical (unpaired) electrons. The summed E-state index contributed by atoms with van der Waals surface area (Å²) in [5.74, 6) is -0.00132. The maximum absolute atomic E-state index is 12.9. The lowest BCUT2D eigenvalue weighted by Crippen LogP contribution is -2.09. The van der Waals surface area contributed by atoms with Crippen molar-refractivity contribution in [3.8, 4) is 0 Å². The predicted molar refractivity (Wildman–Crippen MR) is 66.2 cm³/mol. The SMILES string of the molecule is NCC[C@@H](c1ccncc1)c1ccc(F)cc1. The van der Waals surface area contributed by atoms with E-state index >= 15 is 0 Å². The van der Waals surface area contributed by atoms with Gasteiger partial charge in [0.1, 0.15) is 5.82 Å². The van der Waals surface area contributed by atoms with Crippen LogP contribution in [0.5, 0.6) is 0 Å². The van der Waals surface area contributed by atoms with Gasteiger partial charge in [-0.05, 0) is 48.4 Å². The molecule has 88 valence electrons. The summed E-state index contributed by atoms with van der Waals surface area (Å²) in [6.45, 7) is 0.602. The molecule has 2 N–H and O–H groups in total. The third-order valence-corrected chi connectivity index (χ3v) is 2.84. The highest BCUT2D eigenvalue weighted by molar-refractivity contribution is 5.31. The third-order valence-electron chi connectivity index (χ3n) is 2.84. The molecule has 0 saturated carbocycles. The van der Waals surface area contributed by atoms with Crippen LogP contribution in [-0.2, 0) is 0 Å². The fourth-order valence-electron chi connectivity index (χ4n) is 1.98. The Kier molecular flexibility index (Phi) is 3.83. The molecule has 0 aliphatic carbocycles. The summed E-state index contributed by atoms with van der Waals surface area (Å²) < 4.78 is 12.9. The quantitative estimate of drug-likeness (QED) is 0.877. The highest BCUT2D eigenvalue weighted by atomic mass is 19.1. The van der Waals surface area contributed by atoms with Crippen LogP contribution in [0.4, 0.5) is 4.39 Å². The molecule has 0 spiro atoms. The first-order valence-corrected chi connectivity index (χ1v) is 5.66. The molecule has 1 aromatic heterocycles. The van der Waals surface area contributed by atoms with E-state index in [9.17, 15) is 4.39 Å². The summed E-state index contributed by atoms with van der Waals surface area (Å²) in [4.78, 5) is 4.00. The molecule has 0 unspecified atom stereocenters. The van der Waals surface area contributed by atoms with Crippen LogP contribution >= 0.6 is 0 Å².